The van der Waals surface area contributed by atoms with Crippen LogP contribution in [0.15, 0.2) is 33.9 Å². The summed E-state index contributed by atoms with van der Waals surface area (Å²) < 4.78 is 1.06. The Kier molecular flexibility index (Phi) is 4.17. The Hall–Kier alpha value is -2.17. The molecule has 0 bridgehead atoms. The Balaban J connectivity index is 2.66. The number of fused-ring (bicyclic) bond motifs is 1. The highest BCUT2D eigenvalue weighted by Gasteiger charge is 2.20. The summed E-state index contributed by atoms with van der Waals surface area (Å²) in [5.74, 6) is -0.165. The van der Waals surface area contributed by atoms with Gasteiger partial charge in [-0.25, -0.2) is 9.36 Å². The van der Waals surface area contributed by atoms with Crippen molar-refractivity contribution in [3.63, 3.8) is 0 Å². The number of carbonyl (C=O) groups excluding carboxylic acids is 1. The van der Waals surface area contributed by atoms with E-state index in [1.54, 1.807) is 24.3 Å². The van der Waals surface area contributed by atoms with Crippen LogP contribution in [-0.4, -0.2) is 15.3 Å². The Morgan fingerprint density at radius 2 is 2.00 bits per heavy atom. The fourth-order valence-electron chi connectivity index (χ4n) is 2.37. The second-order valence-corrected chi connectivity index (χ2v) is 4.92. The van der Waals surface area contributed by atoms with Crippen LogP contribution in [0.4, 0.5) is 0 Å². The van der Waals surface area contributed by atoms with E-state index in [0.29, 0.717) is 17.3 Å². The molecule has 0 aliphatic heterocycles. The third kappa shape index (κ3) is 2.57. The molecule has 0 fully saturated rings. The molecule has 0 saturated carbocycles. The Morgan fingerprint density at radius 1 is 1.30 bits per heavy atom. The van der Waals surface area contributed by atoms with Crippen molar-refractivity contribution >= 4 is 16.7 Å². The molecule has 2 aromatic rings. The van der Waals surface area contributed by atoms with Gasteiger partial charge in [-0.05, 0) is 25.5 Å². The van der Waals surface area contributed by atoms with Gasteiger partial charge in [-0.3, -0.25) is 9.59 Å². The third-order valence-electron chi connectivity index (χ3n) is 3.45. The smallest absolute Gasteiger partial charge is 0.307 e. The molecule has 106 valence electrons. The summed E-state index contributed by atoms with van der Waals surface area (Å²) in [6.45, 7) is 3.42. The Morgan fingerprint density at radius 3 is 2.65 bits per heavy atom. The van der Waals surface area contributed by atoms with E-state index in [9.17, 15) is 14.4 Å². The molecule has 0 spiro atoms. The van der Waals surface area contributed by atoms with Gasteiger partial charge in [-0.1, -0.05) is 31.9 Å². The zero-order valence-corrected chi connectivity index (χ0v) is 11.7. The van der Waals surface area contributed by atoms with E-state index in [1.807, 2.05) is 6.92 Å². The molecule has 0 radical (unpaired) electrons. The van der Waals surface area contributed by atoms with Gasteiger partial charge in [0.1, 0.15) is 0 Å². The van der Waals surface area contributed by atoms with E-state index >= 15 is 0 Å². The molecule has 0 saturated heterocycles. The predicted octanol–water partition coefficient (Wildman–Crippen LogP) is 2.01. The van der Waals surface area contributed by atoms with Gasteiger partial charge >= 0.3 is 5.69 Å². The number of hydrogen-bond acceptors (Lipinski definition) is 3. The van der Waals surface area contributed by atoms with E-state index in [1.165, 1.54) is 6.92 Å². The highest BCUT2D eigenvalue weighted by Crippen LogP contribution is 2.14. The molecule has 5 nitrogen and oxygen atoms in total. The molecule has 5 heteroatoms. The van der Waals surface area contributed by atoms with Gasteiger partial charge in [0.25, 0.3) is 5.56 Å². The Bertz CT molecular complexity index is 743. The summed E-state index contributed by atoms with van der Waals surface area (Å²) in [6, 6.07) is 6.14. The lowest BCUT2D eigenvalue weighted by Gasteiger charge is -2.16. The summed E-state index contributed by atoms with van der Waals surface area (Å²) in [6.07, 6.45) is 2.21. The molecule has 1 N–H and O–H groups in total. The molecule has 1 heterocycles. The zero-order valence-electron chi connectivity index (χ0n) is 11.7. The van der Waals surface area contributed by atoms with Crippen molar-refractivity contribution in [2.24, 2.45) is 0 Å². The van der Waals surface area contributed by atoms with Crippen molar-refractivity contribution in [1.29, 1.82) is 0 Å². The molecule has 1 aromatic heterocycles. The maximum Gasteiger partial charge on any atom is 0.329 e. The maximum absolute atomic E-state index is 12.4. The SMILES string of the molecule is CCCCC(C(C)=O)n1c(=O)[nH]c2ccccc2c1=O. The molecule has 1 aromatic carbocycles. The van der Waals surface area contributed by atoms with Crippen LogP contribution in [-0.2, 0) is 4.79 Å². The standard InChI is InChI=1S/C15H18N2O3/c1-3-4-9-13(10(2)18)17-14(19)11-7-5-6-8-12(11)16-15(17)20/h5-8,13H,3-4,9H2,1-2H3,(H,16,20). The normalized spacial score (nSPS) is 12.5. The summed E-state index contributed by atoms with van der Waals surface area (Å²) in [4.78, 5) is 39.0. The molecule has 0 amide bonds. The summed E-state index contributed by atoms with van der Waals surface area (Å²) in [7, 11) is 0. The van der Waals surface area contributed by atoms with E-state index in [4.69, 9.17) is 0 Å². The first kappa shape index (κ1) is 14.2. The second-order valence-electron chi connectivity index (χ2n) is 4.92. The number of para-hydroxylation sites is 1. The van der Waals surface area contributed by atoms with Gasteiger partial charge in [0, 0.05) is 0 Å². The van der Waals surface area contributed by atoms with Crippen LogP contribution in [0, 0.1) is 0 Å². The first-order chi connectivity index (χ1) is 9.56. The minimum Gasteiger partial charge on any atom is -0.307 e. The Labute approximate surface area is 116 Å². The van der Waals surface area contributed by atoms with E-state index in [-0.39, 0.29) is 5.78 Å². The maximum atomic E-state index is 12.4. The first-order valence-electron chi connectivity index (χ1n) is 6.80. The lowest BCUT2D eigenvalue weighted by atomic mass is 10.1. The molecular weight excluding hydrogens is 256 g/mol. The molecule has 2 rings (SSSR count). The number of ketones is 1. The molecule has 20 heavy (non-hydrogen) atoms. The number of nitrogens with one attached hydrogen (secondary N) is 1. The first-order valence-corrected chi connectivity index (χ1v) is 6.80. The van der Waals surface area contributed by atoms with E-state index in [2.05, 4.69) is 4.98 Å². The van der Waals surface area contributed by atoms with Crippen molar-refractivity contribution in [3.05, 3.63) is 45.1 Å². The number of hydrogen-bond donors (Lipinski definition) is 1. The van der Waals surface area contributed by atoms with Crippen LogP contribution < -0.4 is 11.2 Å². The number of Topliss-reactive ketones (excluding diaryl/α,β-unsaturated/α-hetero) is 1. The number of nitrogens with zero attached hydrogens (tertiary/aromatic N) is 1. The average Bonchev–Trinajstić information content (AvgIpc) is 2.42. The van der Waals surface area contributed by atoms with Crippen LogP contribution >= 0.6 is 0 Å². The van der Waals surface area contributed by atoms with Crippen molar-refractivity contribution in [1.82, 2.24) is 9.55 Å². The predicted molar refractivity (Wildman–Crippen MR) is 78.1 cm³/mol. The number of rotatable bonds is 5. The molecule has 0 aliphatic rings. The molecule has 1 unspecified atom stereocenters. The number of aromatic nitrogens is 2. The minimum absolute atomic E-state index is 0.165. The highest BCUT2D eigenvalue weighted by atomic mass is 16.2. The van der Waals surface area contributed by atoms with Crippen LogP contribution in [0.5, 0.6) is 0 Å². The summed E-state index contributed by atoms with van der Waals surface area (Å²) in [5, 5.41) is 0.426. The van der Waals surface area contributed by atoms with Crippen molar-refractivity contribution in [2.75, 3.05) is 0 Å². The molecule has 1 atom stereocenters. The third-order valence-corrected chi connectivity index (χ3v) is 3.45. The largest absolute Gasteiger partial charge is 0.329 e. The highest BCUT2D eigenvalue weighted by molar-refractivity contribution is 5.81. The lowest BCUT2D eigenvalue weighted by molar-refractivity contribution is -0.120. The average molecular weight is 274 g/mol. The fourth-order valence-corrected chi connectivity index (χ4v) is 2.37. The van der Waals surface area contributed by atoms with Gasteiger partial charge in [0.2, 0.25) is 0 Å². The zero-order chi connectivity index (χ0) is 14.7. The topological polar surface area (TPSA) is 71.9 Å². The monoisotopic (exact) mass is 274 g/mol. The van der Waals surface area contributed by atoms with Crippen molar-refractivity contribution in [3.8, 4) is 0 Å². The summed E-state index contributed by atoms with van der Waals surface area (Å²) in [5.41, 5.74) is -0.429. The van der Waals surface area contributed by atoms with Gasteiger partial charge in [-0.15, -0.1) is 0 Å². The number of unbranched alkanes of at least 4 members (excludes halogenated alkanes) is 1. The van der Waals surface area contributed by atoms with Gasteiger partial charge in [0.05, 0.1) is 16.9 Å². The number of H-pyrrole nitrogens is 1. The van der Waals surface area contributed by atoms with Crippen LogP contribution in [0.1, 0.15) is 39.2 Å². The fraction of sp³-hybridized carbons (Fsp3) is 0.400. The van der Waals surface area contributed by atoms with Crippen molar-refractivity contribution < 1.29 is 4.79 Å². The molecule has 0 aliphatic carbocycles. The van der Waals surface area contributed by atoms with Gasteiger partial charge in [0.15, 0.2) is 5.78 Å². The molecular formula is C15H18N2O3. The van der Waals surface area contributed by atoms with Crippen LogP contribution in [0.3, 0.4) is 0 Å². The van der Waals surface area contributed by atoms with Gasteiger partial charge in [-0.2, -0.15) is 0 Å². The quantitative estimate of drug-likeness (QED) is 0.906. The number of aromatic amines is 1. The van der Waals surface area contributed by atoms with Crippen LogP contribution in [0.25, 0.3) is 10.9 Å². The van der Waals surface area contributed by atoms with Gasteiger partial charge < -0.3 is 4.98 Å². The number of carbonyl (C=O) groups is 1. The van der Waals surface area contributed by atoms with E-state index in [0.717, 1.165) is 17.4 Å². The van der Waals surface area contributed by atoms with E-state index < -0.39 is 17.3 Å². The second kappa shape index (κ2) is 5.86. The summed E-state index contributed by atoms with van der Waals surface area (Å²) >= 11 is 0. The lowest BCUT2D eigenvalue weighted by Crippen LogP contribution is -2.40. The number of benzene rings is 1. The minimum atomic E-state index is -0.684. The van der Waals surface area contributed by atoms with Crippen molar-refractivity contribution in [2.45, 2.75) is 39.2 Å². The van der Waals surface area contributed by atoms with Crippen LogP contribution in [0.2, 0.25) is 0 Å².